The lowest BCUT2D eigenvalue weighted by molar-refractivity contribution is -0.0203. The summed E-state index contributed by atoms with van der Waals surface area (Å²) in [6.07, 6.45) is 6.34. The van der Waals surface area contributed by atoms with Gasteiger partial charge in [-0.15, -0.1) is 0 Å². The van der Waals surface area contributed by atoms with Crippen LogP contribution in [0.2, 0.25) is 0 Å². The molecule has 0 aromatic heterocycles. The summed E-state index contributed by atoms with van der Waals surface area (Å²) in [5.74, 6) is 0. The molecule has 0 fully saturated rings. The third-order valence-corrected chi connectivity index (χ3v) is 1.85. The minimum absolute atomic E-state index is 0.0985. The molecule has 0 amide bonds. The maximum Gasteiger partial charge on any atom is 0.509 e. The van der Waals surface area contributed by atoms with Crippen molar-refractivity contribution in [1.82, 2.24) is 0 Å². The van der Waals surface area contributed by atoms with Gasteiger partial charge in [-0.25, -0.2) is 4.79 Å². The normalized spacial score (nSPS) is 21.8. The number of hydrogen-bond donors (Lipinski definition) is 0. The van der Waals surface area contributed by atoms with E-state index in [2.05, 4.69) is 0 Å². The van der Waals surface area contributed by atoms with Gasteiger partial charge in [-0.1, -0.05) is 6.08 Å². The first kappa shape index (κ1) is 11.1. The largest absolute Gasteiger partial charge is 0.509 e. The van der Waals surface area contributed by atoms with Gasteiger partial charge in [-0.3, -0.25) is 0 Å². The highest BCUT2D eigenvalue weighted by Gasteiger charge is 2.20. The van der Waals surface area contributed by atoms with Crippen LogP contribution >= 0.6 is 0 Å². The van der Waals surface area contributed by atoms with Gasteiger partial charge >= 0.3 is 6.16 Å². The van der Waals surface area contributed by atoms with E-state index >= 15 is 0 Å². The Kier molecular flexibility index (Phi) is 3.55. The van der Waals surface area contributed by atoms with E-state index in [1.807, 2.05) is 32.9 Å². The summed E-state index contributed by atoms with van der Waals surface area (Å²) in [6.45, 7) is 5.47. The average molecular weight is 198 g/mol. The summed E-state index contributed by atoms with van der Waals surface area (Å²) in [7, 11) is 0. The van der Waals surface area contributed by atoms with Crippen molar-refractivity contribution in [2.45, 2.75) is 51.7 Å². The number of carbonyl (C=O) groups excluding carboxylic acids is 1. The Labute approximate surface area is 85.1 Å². The molecule has 80 valence electrons. The maximum atomic E-state index is 11.2. The van der Waals surface area contributed by atoms with Crippen LogP contribution in [0.3, 0.4) is 0 Å². The second kappa shape index (κ2) is 4.49. The van der Waals surface area contributed by atoms with Crippen LogP contribution in [-0.4, -0.2) is 17.9 Å². The molecule has 14 heavy (non-hydrogen) atoms. The molecule has 0 saturated carbocycles. The standard InChI is InChI=1S/C11H18O3/c1-11(2,3)14-10(12)13-9-7-5-4-6-8-9/h5,7,9H,4,6,8H2,1-3H3/t9-/m0/s1. The van der Waals surface area contributed by atoms with E-state index < -0.39 is 11.8 Å². The predicted octanol–water partition coefficient (Wildman–Crippen LogP) is 3.05. The van der Waals surface area contributed by atoms with Crippen LogP contribution in [0.5, 0.6) is 0 Å². The van der Waals surface area contributed by atoms with E-state index in [4.69, 9.17) is 9.47 Å². The summed E-state index contributed by atoms with van der Waals surface area (Å²) in [4.78, 5) is 11.2. The fourth-order valence-electron chi connectivity index (χ4n) is 1.28. The topological polar surface area (TPSA) is 35.5 Å². The molecule has 0 N–H and O–H groups in total. The van der Waals surface area contributed by atoms with Gasteiger partial charge in [-0.2, -0.15) is 0 Å². The highest BCUT2D eigenvalue weighted by Crippen LogP contribution is 2.16. The van der Waals surface area contributed by atoms with E-state index in [1.54, 1.807) is 0 Å². The van der Waals surface area contributed by atoms with Crippen molar-refractivity contribution in [3.05, 3.63) is 12.2 Å². The van der Waals surface area contributed by atoms with Gasteiger partial charge in [0.05, 0.1) is 0 Å². The fourth-order valence-corrected chi connectivity index (χ4v) is 1.28. The highest BCUT2D eigenvalue weighted by atomic mass is 16.7. The lowest BCUT2D eigenvalue weighted by Crippen LogP contribution is -2.27. The second-order valence-corrected chi connectivity index (χ2v) is 4.48. The van der Waals surface area contributed by atoms with Crippen molar-refractivity contribution >= 4 is 6.16 Å². The molecule has 0 bridgehead atoms. The van der Waals surface area contributed by atoms with Crippen molar-refractivity contribution in [2.24, 2.45) is 0 Å². The van der Waals surface area contributed by atoms with Crippen LogP contribution in [0.15, 0.2) is 12.2 Å². The molecule has 1 aliphatic carbocycles. The highest BCUT2D eigenvalue weighted by molar-refractivity contribution is 5.61. The van der Waals surface area contributed by atoms with Gasteiger partial charge in [0.15, 0.2) is 0 Å². The molecular weight excluding hydrogens is 180 g/mol. The molecule has 0 radical (unpaired) electrons. The number of hydrogen-bond acceptors (Lipinski definition) is 3. The molecule has 0 aromatic rings. The molecule has 1 atom stereocenters. The number of rotatable bonds is 1. The van der Waals surface area contributed by atoms with Gasteiger partial charge in [0.1, 0.15) is 11.7 Å². The Hall–Kier alpha value is -0.990. The van der Waals surface area contributed by atoms with Crippen molar-refractivity contribution in [1.29, 1.82) is 0 Å². The Morgan fingerprint density at radius 3 is 2.64 bits per heavy atom. The first-order chi connectivity index (χ1) is 6.47. The number of ether oxygens (including phenoxy) is 2. The zero-order chi connectivity index (χ0) is 10.6. The molecule has 0 unspecified atom stereocenters. The van der Waals surface area contributed by atoms with Crippen LogP contribution in [-0.2, 0) is 9.47 Å². The minimum Gasteiger partial charge on any atom is -0.429 e. The molecule has 0 heterocycles. The second-order valence-electron chi connectivity index (χ2n) is 4.48. The fraction of sp³-hybridized carbons (Fsp3) is 0.727. The molecule has 1 rings (SSSR count). The molecule has 0 saturated heterocycles. The zero-order valence-corrected chi connectivity index (χ0v) is 9.08. The minimum atomic E-state index is -0.575. The number of allylic oxidation sites excluding steroid dienone is 1. The lowest BCUT2D eigenvalue weighted by atomic mass is 10.1. The van der Waals surface area contributed by atoms with Gasteiger partial charge in [0, 0.05) is 0 Å². The molecule has 3 heteroatoms. The summed E-state index contributed by atoms with van der Waals surface area (Å²) in [5, 5.41) is 0. The van der Waals surface area contributed by atoms with Crippen LogP contribution in [0, 0.1) is 0 Å². The third-order valence-electron chi connectivity index (χ3n) is 1.85. The van der Waals surface area contributed by atoms with E-state index in [9.17, 15) is 4.79 Å². The van der Waals surface area contributed by atoms with Crippen LogP contribution in [0.25, 0.3) is 0 Å². The van der Waals surface area contributed by atoms with E-state index in [1.165, 1.54) is 0 Å². The van der Waals surface area contributed by atoms with Crippen molar-refractivity contribution in [3.63, 3.8) is 0 Å². The van der Waals surface area contributed by atoms with Crippen LogP contribution in [0.4, 0.5) is 4.79 Å². The summed E-state index contributed by atoms with van der Waals surface area (Å²) < 4.78 is 10.2. The van der Waals surface area contributed by atoms with Gasteiger partial charge in [-0.05, 0) is 46.1 Å². The van der Waals surface area contributed by atoms with Gasteiger partial charge in [0.2, 0.25) is 0 Å². The smallest absolute Gasteiger partial charge is 0.429 e. The first-order valence-corrected chi connectivity index (χ1v) is 5.04. The van der Waals surface area contributed by atoms with Crippen molar-refractivity contribution in [3.8, 4) is 0 Å². The summed E-state index contributed by atoms with van der Waals surface area (Å²) in [5.41, 5.74) is -0.477. The molecule has 1 aliphatic rings. The van der Waals surface area contributed by atoms with E-state index in [0.717, 1.165) is 19.3 Å². The predicted molar refractivity (Wildman–Crippen MR) is 54.1 cm³/mol. The van der Waals surface area contributed by atoms with E-state index in [0.29, 0.717) is 0 Å². The van der Waals surface area contributed by atoms with Crippen LogP contribution in [0.1, 0.15) is 40.0 Å². The first-order valence-electron chi connectivity index (χ1n) is 5.04. The SMILES string of the molecule is CC(C)(C)OC(=O)O[C@H]1C=CCCC1. The third kappa shape index (κ3) is 4.30. The van der Waals surface area contributed by atoms with Crippen molar-refractivity contribution in [2.75, 3.05) is 0 Å². The Balaban J connectivity index is 2.33. The lowest BCUT2D eigenvalue weighted by Gasteiger charge is -2.22. The zero-order valence-electron chi connectivity index (χ0n) is 9.08. The Morgan fingerprint density at radius 2 is 2.14 bits per heavy atom. The van der Waals surface area contributed by atoms with Gasteiger partial charge in [0.25, 0.3) is 0 Å². The van der Waals surface area contributed by atoms with Crippen LogP contribution < -0.4 is 0 Å². The monoisotopic (exact) mass is 198 g/mol. The Morgan fingerprint density at radius 1 is 1.43 bits per heavy atom. The van der Waals surface area contributed by atoms with Gasteiger partial charge < -0.3 is 9.47 Å². The molecular formula is C11H18O3. The van der Waals surface area contributed by atoms with Crippen molar-refractivity contribution < 1.29 is 14.3 Å². The summed E-state index contributed by atoms with van der Waals surface area (Å²) >= 11 is 0. The molecule has 0 spiro atoms. The Bertz CT molecular complexity index is 225. The molecule has 0 aromatic carbocycles. The summed E-state index contributed by atoms with van der Waals surface area (Å²) in [6, 6.07) is 0. The van der Waals surface area contributed by atoms with E-state index in [-0.39, 0.29) is 6.10 Å². The quantitative estimate of drug-likeness (QED) is 0.480. The molecule has 3 nitrogen and oxygen atoms in total. The maximum absolute atomic E-state index is 11.2. The molecule has 0 aliphatic heterocycles. The average Bonchev–Trinajstić information content (AvgIpc) is 2.02. The number of carbonyl (C=O) groups is 1.